The molecule has 1 aromatic heterocycles. The summed E-state index contributed by atoms with van der Waals surface area (Å²) < 4.78 is 38.5. The van der Waals surface area contributed by atoms with Gasteiger partial charge in [0.2, 0.25) is 0 Å². The molecule has 8 heteroatoms. The molecule has 2 aromatic carbocycles. The van der Waals surface area contributed by atoms with Gasteiger partial charge in [0.1, 0.15) is 0 Å². The first-order chi connectivity index (χ1) is 11.8. The van der Waals surface area contributed by atoms with Gasteiger partial charge in [-0.25, -0.2) is 4.79 Å². The van der Waals surface area contributed by atoms with Crippen LogP contribution in [-0.2, 0) is 12.7 Å². The van der Waals surface area contributed by atoms with Crippen LogP contribution in [0.15, 0.2) is 48.7 Å². The summed E-state index contributed by atoms with van der Waals surface area (Å²) in [6.07, 6.45) is -2.79. The first-order valence-electron chi connectivity index (χ1n) is 7.31. The van der Waals surface area contributed by atoms with E-state index in [2.05, 4.69) is 15.6 Å². The second-order valence-corrected chi connectivity index (χ2v) is 5.77. The molecule has 1 heterocycles. The fraction of sp³-hybridized carbons (Fsp3) is 0.118. The number of hydrogen-bond acceptors (Lipinski definition) is 1. The minimum atomic E-state index is -4.54. The quantitative estimate of drug-likeness (QED) is 0.588. The molecule has 25 heavy (non-hydrogen) atoms. The predicted molar refractivity (Wildman–Crippen MR) is 90.6 cm³/mol. The van der Waals surface area contributed by atoms with Crippen LogP contribution >= 0.6 is 11.6 Å². The van der Waals surface area contributed by atoms with Crippen LogP contribution in [-0.4, -0.2) is 11.0 Å². The van der Waals surface area contributed by atoms with Gasteiger partial charge >= 0.3 is 12.2 Å². The monoisotopic (exact) mass is 367 g/mol. The number of aromatic nitrogens is 1. The third-order valence-corrected chi connectivity index (χ3v) is 3.96. The van der Waals surface area contributed by atoms with E-state index in [4.69, 9.17) is 11.6 Å². The van der Waals surface area contributed by atoms with Gasteiger partial charge in [0, 0.05) is 23.6 Å². The third-order valence-electron chi connectivity index (χ3n) is 3.63. The van der Waals surface area contributed by atoms with Crippen LogP contribution in [0.5, 0.6) is 0 Å². The lowest BCUT2D eigenvalue weighted by atomic mass is 10.1. The first-order valence-corrected chi connectivity index (χ1v) is 7.69. The number of benzene rings is 2. The van der Waals surface area contributed by atoms with Gasteiger partial charge in [-0.1, -0.05) is 23.7 Å². The molecule has 3 rings (SSSR count). The molecule has 0 saturated heterocycles. The van der Waals surface area contributed by atoms with E-state index in [1.807, 2.05) is 12.1 Å². The summed E-state index contributed by atoms with van der Waals surface area (Å²) in [7, 11) is 0. The summed E-state index contributed by atoms with van der Waals surface area (Å²) in [5, 5.41) is 5.67. The molecule has 3 aromatic rings. The Labute approximate surface area is 146 Å². The number of hydrogen-bond donors (Lipinski definition) is 3. The predicted octanol–water partition coefficient (Wildman–Crippen LogP) is 5.16. The Morgan fingerprint density at radius 2 is 1.96 bits per heavy atom. The van der Waals surface area contributed by atoms with E-state index in [0.717, 1.165) is 17.0 Å². The van der Waals surface area contributed by atoms with Crippen LogP contribution in [0.1, 0.15) is 11.1 Å². The van der Waals surface area contributed by atoms with Crippen molar-refractivity contribution in [3.63, 3.8) is 0 Å². The van der Waals surface area contributed by atoms with Gasteiger partial charge in [0.15, 0.2) is 0 Å². The van der Waals surface area contributed by atoms with Crippen LogP contribution in [0.2, 0.25) is 5.02 Å². The molecular weight excluding hydrogens is 355 g/mol. The summed E-state index contributed by atoms with van der Waals surface area (Å²) in [6, 6.07) is 10.2. The van der Waals surface area contributed by atoms with Gasteiger partial charge in [0.05, 0.1) is 16.3 Å². The standard InChI is InChI=1S/C17H13ClF3N3O/c18-13-5-4-10(8-12(13)17(19,20)21)9-23-16(25)24-15-3-1-2-14-11(15)6-7-22-14/h1-8,22H,9H2,(H2,23,24,25). The summed E-state index contributed by atoms with van der Waals surface area (Å²) in [4.78, 5) is 15.0. The van der Waals surface area contributed by atoms with Crippen LogP contribution in [0.4, 0.5) is 23.7 Å². The van der Waals surface area contributed by atoms with E-state index in [9.17, 15) is 18.0 Å². The smallest absolute Gasteiger partial charge is 0.361 e. The Balaban J connectivity index is 1.68. The number of nitrogens with one attached hydrogen (secondary N) is 3. The minimum Gasteiger partial charge on any atom is -0.361 e. The fourth-order valence-corrected chi connectivity index (χ4v) is 2.67. The fourth-order valence-electron chi connectivity index (χ4n) is 2.44. The topological polar surface area (TPSA) is 56.9 Å². The molecule has 0 aliphatic carbocycles. The number of carbonyl (C=O) groups is 1. The number of urea groups is 1. The van der Waals surface area contributed by atoms with Crippen molar-refractivity contribution in [1.29, 1.82) is 0 Å². The molecule has 0 aliphatic rings. The normalized spacial score (nSPS) is 11.5. The maximum absolute atomic E-state index is 12.8. The van der Waals surface area contributed by atoms with Crippen molar-refractivity contribution in [2.45, 2.75) is 12.7 Å². The van der Waals surface area contributed by atoms with E-state index >= 15 is 0 Å². The van der Waals surface area contributed by atoms with E-state index in [-0.39, 0.29) is 11.6 Å². The van der Waals surface area contributed by atoms with Crippen LogP contribution in [0.25, 0.3) is 10.9 Å². The van der Waals surface area contributed by atoms with Crippen molar-refractivity contribution >= 4 is 34.2 Å². The van der Waals surface area contributed by atoms with E-state index in [0.29, 0.717) is 11.3 Å². The molecule has 0 fully saturated rings. The average molecular weight is 368 g/mol. The van der Waals surface area contributed by atoms with Gasteiger partial charge in [-0.2, -0.15) is 13.2 Å². The van der Waals surface area contributed by atoms with Crippen LogP contribution in [0, 0.1) is 0 Å². The summed E-state index contributed by atoms with van der Waals surface area (Å²) in [6.45, 7) is -0.0603. The van der Waals surface area contributed by atoms with Crippen molar-refractivity contribution in [1.82, 2.24) is 10.3 Å². The SMILES string of the molecule is O=C(NCc1ccc(Cl)c(C(F)(F)F)c1)Nc1cccc2[nH]ccc12. The van der Waals surface area contributed by atoms with Crippen molar-refractivity contribution in [2.75, 3.05) is 5.32 Å². The summed E-state index contributed by atoms with van der Waals surface area (Å²) >= 11 is 5.57. The average Bonchev–Trinajstić information content (AvgIpc) is 3.03. The molecule has 2 amide bonds. The Kier molecular flexibility index (Phi) is 4.59. The van der Waals surface area contributed by atoms with Crippen molar-refractivity contribution in [3.8, 4) is 0 Å². The Hall–Kier alpha value is -2.67. The highest BCUT2D eigenvalue weighted by Crippen LogP contribution is 2.35. The van der Waals surface area contributed by atoms with Gasteiger partial charge in [0.25, 0.3) is 0 Å². The number of rotatable bonds is 3. The minimum absolute atomic E-state index is 0.0603. The lowest BCUT2D eigenvalue weighted by Crippen LogP contribution is -2.28. The van der Waals surface area contributed by atoms with Crippen molar-refractivity contribution < 1.29 is 18.0 Å². The molecule has 130 valence electrons. The lowest BCUT2D eigenvalue weighted by Gasteiger charge is -2.12. The number of fused-ring (bicyclic) bond motifs is 1. The maximum atomic E-state index is 12.8. The van der Waals surface area contributed by atoms with E-state index in [1.165, 1.54) is 12.1 Å². The zero-order valence-electron chi connectivity index (χ0n) is 12.7. The Morgan fingerprint density at radius 3 is 2.72 bits per heavy atom. The second kappa shape index (κ2) is 6.68. The second-order valence-electron chi connectivity index (χ2n) is 5.36. The van der Waals surface area contributed by atoms with Gasteiger partial charge < -0.3 is 15.6 Å². The Bertz CT molecular complexity index is 921. The van der Waals surface area contributed by atoms with Crippen molar-refractivity contribution in [3.05, 3.63) is 64.8 Å². The number of halogens is 4. The van der Waals surface area contributed by atoms with Crippen LogP contribution in [0.3, 0.4) is 0 Å². The number of aromatic amines is 1. The number of carbonyl (C=O) groups excluding carboxylic acids is 1. The van der Waals surface area contributed by atoms with E-state index in [1.54, 1.807) is 18.3 Å². The number of anilines is 1. The van der Waals surface area contributed by atoms with Crippen molar-refractivity contribution in [2.24, 2.45) is 0 Å². The van der Waals surface area contributed by atoms with Gasteiger partial charge in [-0.05, 0) is 35.9 Å². The first kappa shape index (κ1) is 17.2. The lowest BCUT2D eigenvalue weighted by molar-refractivity contribution is -0.137. The third kappa shape index (κ3) is 3.88. The highest BCUT2D eigenvalue weighted by atomic mass is 35.5. The van der Waals surface area contributed by atoms with E-state index < -0.39 is 17.8 Å². The zero-order valence-corrected chi connectivity index (χ0v) is 13.5. The molecular formula is C17H13ClF3N3O. The largest absolute Gasteiger partial charge is 0.417 e. The number of amides is 2. The molecule has 0 unspecified atom stereocenters. The summed E-state index contributed by atoms with van der Waals surface area (Å²) in [5.41, 5.74) is 0.839. The number of H-pyrrole nitrogens is 1. The molecule has 3 N–H and O–H groups in total. The molecule has 0 bridgehead atoms. The van der Waals surface area contributed by atoms with Gasteiger partial charge in [-0.3, -0.25) is 0 Å². The van der Waals surface area contributed by atoms with Crippen LogP contribution < -0.4 is 10.6 Å². The Morgan fingerprint density at radius 1 is 1.16 bits per heavy atom. The molecule has 0 aliphatic heterocycles. The van der Waals surface area contributed by atoms with Gasteiger partial charge in [-0.15, -0.1) is 0 Å². The number of alkyl halides is 3. The zero-order chi connectivity index (χ0) is 18.0. The summed E-state index contributed by atoms with van der Waals surface area (Å²) in [5.74, 6) is 0. The molecule has 4 nitrogen and oxygen atoms in total. The highest BCUT2D eigenvalue weighted by molar-refractivity contribution is 6.31. The molecule has 0 atom stereocenters. The molecule has 0 saturated carbocycles. The highest BCUT2D eigenvalue weighted by Gasteiger charge is 2.33. The molecule has 0 radical (unpaired) electrons. The maximum Gasteiger partial charge on any atom is 0.417 e. The molecule has 0 spiro atoms.